The van der Waals surface area contributed by atoms with Gasteiger partial charge < -0.3 is 9.88 Å². The third-order valence-corrected chi connectivity index (χ3v) is 4.38. The van der Waals surface area contributed by atoms with Crippen molar-refractivity contribution < 1.29 is 4.39 Å². The maximum absolute atomic E-state index is 14.0. The van der Waals surface area contributed by atoms with Gasteiger partial charge in [-0.3, -0.25) is 0 Å². The second-order valence-corrected chi connectivity index (χ2v) is 6.07. The molecular formula is C20H18FN3. The standard InChI is InChI=1S/C20H18FN3/c1-14-6-2-3-7-15(14)12-24-11-10-18-19(13-24)23-20(22-18)16-8-4-5-9-17(16)21/h2-11H,12-13H2,1H3,(H,22,23). The highest BCUT2D eigenvalue weighted by molar-refractivity contribution is 5.61. The molecule has 0 saturated heterocycles. The summed E-state index contributed by atoms with van der Waals surface area (Å²) in [5.41, 5.74) is 4.99. The van der Waals surface area contributed by atoms with E-state index >= 15 is 0 Å². The van der Waals surface area contributed by atoms with E-state index in [1.165, 1.54) is 17.2 Å². The van der Waals surface area contributed by atoms with Crippen LogP contribution in [-0.4, -0.2) is 14.9 Å². The Morgan fingerprint density at radius 2 is 1.92 bits per heavy atom. The summed E-state index contributed by atoms with van der Waals surface area (Å²) >= 11 is 0. The molecule has 2 heterocycles. The third-order valence-electron chi connectivity index (χ3n) is 4.38. The molecule has 1 aliphatic heterocycles. The molecule has 0 unspecified atom stereocenters. The highest BCUT2D eigenvalue weighted by Gasteiger charge is 2.18. The first kappa shape index (κ1) is 14.7. The van der Waals surface area contributed by atoms with Gasteiger partial charge in [-0.05, 0) is 36.3 Å². The Labute approximate surface area is 140 Å². The molecule has 120 valence electrons. The third kappa shape index (κ3) is 2.71. The average molecular weight is 319 g/mol. The highest BCUT2D eigenvalue weighted by atomic mass is 19.1. The first-order valence-corrected chi connectivity index (χ1v) is 8.01. The van der Waals surface area contributed by atoms with Crippen molar-refractivity contribution in [3.05, 3.63) is 83.1 Å². The van der Waals surface area contributed by atoms with Gasteiger partial charge in [-0.2, -0.15) is 0 Å². The smallest absolute Gasteiger partial charge is 0.141 e. The fourth-order valence-electron chi connectivity index (χ4n) is 3.00. The van der Waals surface area contributed by atoms with Crippen molar-refractivity contribution in [3.8, 4) is 11.4 Å². The van der Waals surface area contributed by atoms with Crippen LogP contribution >= 0.6 is 0 Å². The van der Waals surface area contributed by atoms with Crippen LogP contribution in [0.25, 0.3) is 17.5 Å². The average Bonchev–Trinajstić information content (AvgIpc) is 3.00. The SMILES string of the molecule is Cc1ccccc1CN1C=Cc2[nH]c(-c3ccccc3F)nc2C1. The number of nitrogens with one attached hydrogen (secondary N) is 1. The summed E-state index contributed by atoms with van der Waals surface area (Å²) in [6.45, 7) is 3.68. The topological polar surface area (TPSA) is 31.9 Å². The summed E-state index contributed by atoms with van der Waals surface area (Å²) in [6, 6.07) is 15.1. The van der Waals surface area contributed by atoms with Crippen molar-refractivity contribution in [1.82, 2.24) is 14.9 Å². The Kier molecular flexibility index (Phi) is 3.65. The van der Waals surface area contributed by atoms with E-state index in [-0.39, 0.29) is 5.82 Å². The van der Waals surface area contributed by atoms with E-state index in [1.54, 1.807) is 12.1 Å². The predicted octanol–water partition coefficient (Wildman–Crippen LogP) is 4.51. The monoisotopic (exact) mass is 319 g/mol. The number of rotatable bonds is 3. The van der Waals surface area contributed by atoms with Crippen LogP contribution in [0.3, 0.4) is 0 Å². The van der Waals surface area contributed by atoms with Gasteiger partial charge in [0.15, 0.2) is 0 Å². The Hall–Kier alpha value is -2.88. The lowest BCUT2D eigenvalue weighted by atomic mass is 10.1. The number of aromatic amines is 1. The Morgan fingerprint density at radius 3 is 2.75 bits per heavy atom. The number of imidazole rings is 1. The Balaban J connectivity index is 1.58. The van der Waals surface area contributed by atoms with Gasteiger partial charge in [0.1, 0.15) is 11.6 Å². The second-order valence-electron chi connectivity index (χ2n) is 6.07. The van der Waals surface area contributed by atoms with E-state index in [1.807, 2.05) is 12.1 Å². The van der Waals surface area contributed by atoms with Gasteiger partial charge in [0.25, 0.3) is 0 Å². The zero-order valence-corrected chi connectivity index (χ0v) is 13.5. The lowest BCUT2D eigenvalue weighted by Crippen LogP contribution is -2.20. The molecule has 0 aliphatic carbocycles. The molecule has 0 bridgehead atoms. The molecule has 1 aliphatic rings. The predicted molar refractivity (Wildman–Crippen MR) is 93.4 cm³/mol. The zero-order chi connectivity index (χ0) is 16.5. The summed E-state index contributed by atoms with van der Waals surface area (Å²) in [6.07, 6.45) is 4.08. The Morgan fingerprint density at radius 1 is 1.12 bits per heavy atom. The number of benzene rings is 2. The van der Waals surface area contributed by atoms with Crippen molar-refractivity contribution >= 4 is 6.08 Å². The number of aryl methyl sites for hydroxylation is 1. The van der Waals surface area contributed by atoms with Gasteiger partial charge in [-0.1, -0.05) is 36.4 Å². The molecule has 0 radical (unpaired) electrons. The van der Waals surface area contributed by atoms with E-state index in [2.05, 4.69) is 52.3 Å². The minimum atomic E-state index is -0.260. The summed E-state index contributed by atoms with van der Waals surface area (Å²) in [7, 11) is 0. The van der Waals surface area contributed by atoms with Gasteiger partial charge >= 0.3 is 0 Å². The maximum Gasteiger partial charge on any atom is 0.141 e. The second kappa shape index (κ2) is 5.96. The molecule has 4 heteroatoms. The normalized spacial score (nSPS) is 13.2. The molecule has 2 aromatic carbocycles. The van der Waals surface area contributed by atoms with Gasteiger partial charge in [0, 0.05) is 12.7 Å². The number of H-pyrrole nitrogens is 1. The van der Waals surface area contributed by atoms with E-state index in [0.29, 0.717) is 17.9 Å². The number of halogens is 1. The molecule has 0 spiro atoms. The molecule has 0 atom stereocenters. The van der Waals surface area contributed by atoms with Gasteiger partial charge in [0.2, 0.25) is 0 Å². The summed E-state index contributed by atoms with van der Waals surface area (Å²) in [5, 5.41) is 0. The van der Waals surface area contributed by atoms with Crippen LogP contribution in [0.2, 0.25) is 0 Å². The maximum atomic E-state index is 14.0. The minimum absolute atomic E-state index is 0.260. The minimum Gasteiger partial charge on any atom is -0.367 e. The first-order chi connectivity index (χ1) is 11.7. The highest BCUT2D eigenvalue weighted by Crippen LogP contribution is 2.26. The van der Waals surface area contributed by atoms with Crippen LogP contribution in [0, 0.1) is 12.7 Å². The Bertz CT molecular complexity index is 911. The number of fused-ring (bicyclic) bond motifs is 1. The van der Waals surface area contributed by atoms with Crippen LogP contribution in [0.4, 0.5) is 4.39 Å². The van der Waals surface area contributed by atoms with Crippen molar-refractivity contribution in [2.24, 2.45) is 0 Å². The molecule has 0 fully saturated rings. The first-order valence-electron chi connectivity index (χ1n) is 8.01. The zero-order valence-electron chi connectivity index (χ0n) is 13.5. The van der Waals surface area contributed by atoms with Gasteiger partial charge in [-0.25, -0.2) is 9.37 Å². The molecule has 0 amide bonds. The van der Waals surface area contributed by atoms with E-state index in [0.717, 1.165) is 17.9 Å². The lowest BCUT2D eigenvalue weighted by molar-refractivity contribution is 0.354. The largest absolute Gasteiger partial charge is 0.367 e. The summed E-state index contributed by atoms with van der Waals surface area (Å²) in [4.78, 5) is 10.0. The number of nitrogens with zero attached hydrogens (tertiary/aromatic N) is 2. The lowest BCUT2D eigenvalue weighted by Gasteiger charge is -2.23. The fraction of sp³-hybridized carbons (Fsp3) is 0.150. The van der Waals surface area contributed by atoms with Crippen LogP contribution in [0.15, 0.2) is 54.7 Å². The quantitative estimate of drug-likeness (QED) is 0.770. The van der Waals surface area contributed by atoms with Crippen LogP contribution < -0.4 is 0 Å². The molecule has 0 saturated carbocycles. The number of hydrogen-bond acceptors (Lipinski definition) is 2. The van der Waals surface area contributed by atoms with E-state index < -0.39 is 0 Å². The van der Waals surface area contributed by atoms with Crippen LogP contribution in [-0.2, 0) is 13.1 Å². The number of aromatic nitrogens is 2. The van der Waals surface area contributed by atoms with Crippen molar-refractivity contribution in [3.63, 3.8) is 0 Å². The van der Waals surface area contributed by atoms with Gasteiger partial charge in [0.05, 0.1) is 23.5 Å². The van der Waals surface area contributed by atoms with Crippen LogP contribution in [0.5, 0.6) is 0 Å². The summed E-state index contributed by atoms with van der Waals surface area (Å²) < 4.78 is 14.0. The molecule has 1 N–H and O–H groups in total. The van der Waals surface area contributed by atoms with Crippen LogP contribution in [0.1, 0.15) is 22.5 Å². The molecule has 4 rings (SSSR count). The molecule has 3 nitrogen and oxygen atoms in total. The van der Waals surface area contributed by atoms with E-state index in [9.17, 15) is 4.39 Å². The molecule has 3 aromatic rings. The number of hydrogen-bond donors (Lipinski definition) is 1. The summed E-state index contributed by atoms with van der Waals surface area (Å²) in [5.74, 6) is 0.324. The van der Waals surface area contributed by atoms with Crippen molar-refractivity contribution in [2.45, 2.75) is 20.0 Å². The van der Waals surface area contributed by atoms with Gasteiger partial charge in [-0.15, -0.1) is 0 Å². The van der Waals surface area contributed by atoms with Crippen molar-refractivity contribution in [2.75, 3.05) is 0 Å². The molecule has 24 heavy (non-hydrogen) atoms. The molecule has 1 aromatic heterocycles. The van der Waals surface area contributed by atoms with Crippen molar-refractivity contribution in [1.29, 1.82) is 0 Å². The van der Waals surface area contributed by atoms with E-state index in [4.69, 9.17) is 0 Å². The fourth-order valence-corrected chi connectivity index (χ4v) is 3.00. The molecular weight excluding hydrogens is 301 g/mol.